The topological polar surface area (TPSA) is 68.5 Å². The van der Waals surface area contributed by atoms with Crippen LogP contribution in [0.4, 0.5) is 10.2 Å². The van der Waals surface area contributed by atoms with E-state index in [0.29, 0.717) is 17.6 Å². The molecule has 1 saturated heterocycles. The molecule has 1 aromatic rings. The third kappa shape index (κ3) is 2.55. The van der Waals surface area contributed by atoms with Crippen molar-refractivity contribution in [3.63, 3.8) is 0 Å². The summed E-state index contributed by atoms with van der Waals surface area (Å²) in [4.78, 5) is 16.8. The molecule has 1 amide bonds. The quantitative estimate of drug-likeness (QED) is 0.872. The maximum Gasteiger partial charge on any atom is 0.242 e. The summed E-state index contributed by atoms with van der Waals surface area (Å²) in [6, 6.07) is 0.627. The molecule has 2 rings (SSSR count). The highest BCUT2D eigenvalue weighted by Gasteiger charge is 2.30. The summed E-state index contributed by atoms with van der Waals surface area (Å²) in [5.41, 5.74) is 5.25. The van der Waals surface area contributed by atoms with Crippen molar-refractivity contribution in [2.45, 2.75) is 6.04 Å². The Hall–Kier alpha value is -1.21. The number of morpholine rings is 1. The summed E-state index contributed by atoms with van der Waals surface area (Å²) >= 11 is 3.13. The molecule has 1 atom stereocenters. The van der Waals surface area contributed by atoms with Gasteiger partial charge >= 0.3 is 0 Å². The van der Waals surface area contributed by atoms with Crippen LogP contribution in [0.15, 0.2) is 16.7 Å². The summed E-state index contributed by atoms with van der Waals surface area (Å²) in [7, 11) is 0. The molecule has 92 valence electrons. The van der Waals surface area contributed by atoms with E-state index in [1.807, 2.05) is 0 Å². The SMILES string of the molecule is NC(=O)C1COCCN1c1ncc(Br)cc1F. The Bertz CT molecular complexity index is 444. The predicted octanol–water partition coefficient (Wildman–Crippen LogP) is 0.674. The molecule has 1 aliphatic rings. The number of anilines is 1. The summed E-state index contributed by atoms with van der Waals surface area (Å²) in [6.07, 6.45) is 1.48. The average Bonchev–Trinajstić information content (AvgIpc) is 2.29. The first-order chi connectivity index (χ1) is 8.09. The Morgan fingerprint density at radius 2 is 2.47 bits per heavy atom. The van der Waals surface area contributed by atoms with Gasteiger partial charge in [-0.25, -0.2) is 9.37 Å². The van der Waals surface area contributed by atoms with E-state index in [1.165, 1.54) is 17.2 Å². The maximum absolute atomic E-state index is 13.7. The number of carbonyl (C=O) groups excluding carboxylic acids is 1. The van der Waals surface area contributed by atoms with Crippen LogP contribution in [-0.2, 0) is 9.53 Å². The first-order valence-corrected chi connectivity index (χ1v) is 5.83. The molecule has 0 aromatic carbocycles. The van der Waals surface area contributed by atoms with Crippen LogP contribution in [0, 0.1) is 5.82 Å². The standard InChI is InChI=1S/C10H11BrFN3O2/c11-6-3-7(12)10(14-4-6)15-1-2-17-5-8(15)9(13)16/h3-4,8H,1-2,5H2,(H2,13,16). The number of nitrogens with two attached hydrogens (primary N) is 1. The van der Waals surface area contributed by atoms with Crippen LogP contribution in [-0.4, -0.2) is 36.7 Å². The van der Waals surface area contributed by atoms with Crippen molar-refractivity contribution in [1.82, 2.24) is 4.98 Å². The Balaban J connectivity index is 2.32. The number of halogens is 2. The number of hydrogen-bond acceptors (Lipinski definition) is 4. The van der Waals surface area contributed by atoms with Crippen LogP contribution in [0.5, 0.6) is 0 Å². The van der Waals surface area contributed by atoms with Crippen LogP contribution >= 0.6 is 15.9 Å². The number of pyridine rings is 1. The molecular weight excluding hydrogens is 293 g/mol. The first kappa shape index (κ1) is 12.3. The monoisotopic (exact) mass is 303 g/mol. The Morgan fingerprint density at radius 3 is 3.12 bits per heavy atom. The van der Waals surface area contributed by atoms with Crippen molar-refractivity contribution in [2.24, 2.45) is 5.73 Å². The van der Waals surface area contributed by atoms with E-state index in [2.05, 4.69) is 20.9 Å². The van der Waals surface area contributed by atoms with Gasteiger partial charge < -0.3 is 15.4 Å². The molecule has 0 radical (unpaired) electrons. The number of aromatic nitrogens is 1. The van der Waals surface area contributed by atoms with E-state index in [-0.39, 0.29) is 12.4 Å². The molecule has 17 heavy (non-hydrogen) atoms. The van der Waals surface area contributed by atoms with Crippen LogP contribution in [0.2, 0.25) is 0 Å². The zero-order chi connectivity index (χ0) is 12.4. The van der Waals surface area contributed by atoms with Crippen molar-refractivity contribution >= 4 is 27.7 Å². The normalized spacial score (nSPS) is 20.4. The van der Waals surface area contributed by atoms with E-state index in [4.69, 9.17) is 10.5 Å². The number of nitrogens with zero attached hydrogens (tertiary/aromatic N) is 2. The second kappa shape index (κ2) is 4.97. The number of primary amides is 1. The van der Waals surface area contributed by atoms with Gasteiger partial charge in [0, 0.05) is 17.2 Å². The van der Waals surface area contributed by atoms with Gasteiger partial charge in [-0.3, -0.25) is 4.79 Å². The second-order valence-electron chi connectivity index (χ2n) is 3.65. The van der Waals surface area contributed by atoms with Gasteiger partial charge in [-0.05, 0) is 22.0 Å². The van der Waals surface area contributed by atoms with Crippen LogP contribution in [0.25, 0.3) is 0 Å². The van der Waals surface area contributed by atoms with Crippen molar-refractivity contribution in [2.75, 3.05) is 24.7 Å². The fourth-order valence-corrected chi connectivity index (χ4v) is 2.01. The van der Waals surface area contributed by atoms with Gasteiger partial charge in [0.15, 0.2) is 11.6 Å². The largest absolute Gasteiger partial charge is 0.377 e. The number of ether oxygens (including phenoxy) is 1. The molecule has 0 saturated carbocycles. The van der Waals surface area contributed by atoms with Gasteiger partial charge in [-0.2, -0.15) is 0 Å². The minimum Gasteiger partial charge on any atom is -0.377 e. The van der Waals surface area contributed by atoms with Crippen LogP contribution in [0.3, 0.4) is 0 Å². The zero-order valence-corrected chi connectivity index (χ0v) is 10.5. The molecule has 7 heteroatoms. The molecule has 2 N–H and O–H groups in total. The van der Waals surface area contributed by atoms with Crippen LogP contribution < -0.4 is 10.6 Å². The highest BCUT2D eigenvalue weighted by Crippen LogP contribution is 2.23. The Kier molecular flexibility index (Phi) is 3.58. The van der Waals surface area contributed by atoms with Crippen molar-refractivity contribution in [3.8, 4) is 0 Å². The Morgan fingerprint density at radius 1 is 1.71 bits per heavy atom. The number of amides is 1. The predicted molar refractivity (Wildman–Crippen MR) is 63.0 cm³/mol. The van der Waals surface area contributed by atoms with E-state index >= 15 is 0 Å². The maximum atomic E-state index is 13.7. The Labute approximate surface area is 106 Å². The smallest absolute Gasteiger partial charge is 0.242 e. The first-order valence-electron chi connectivity index (χ1n) is 5.04. The molecule has 1 aromatic heterocycles. The summed E-state index contributed by atoms with van der Waals surface area (Å²) in [6.45, 7) is 0.965. The molecule has 1 aliphatic heterocycles. The minimum absolute atomic E-state index is 0.125. The lowest BCUT2D eigenvalue weighted by Gasteiger charge is -2.34. The molecule has 0 bridgehead atoms. The fourth-order valence-electron chi connectivity index (χ4n) is 1.71. The van der Waals surface area contributed by atoms with E-state index in [0.717, 1.165) is 0 Å². The number of hydrogen-bond donors (Lipinski definition) is 1. The van der Waals surface area contributed by atoms with E-state index in [9.17, 15) is 9.18 Å². The third-order valence-corrected chi connectivity index (χ3v) is 2.95. The summed E-state index contributed by atoms with van der Waals surface area (Å²) < 4.78 is 19.4. The van der Waals surface area contributed by atoms with Crippen molar-refractivity contribution in [1.29, 1.82) is 0 Å². The second-order valence-corrected chi connectivity index (χ2v) is 4.56. The summed E-state index contributed by atoms with van der Waals surface area (Å²) in [5, 5.41) is 0. The lowest BCUT2D eigenvalue weighted by molar-refractivity contribution is -0.121. The highest BCUT2D eigenvalue weighted by molar-refractivity contribution is 9.10. The molecule has 0 spiro atoms. The third-order valence-electron chi connectivity index (χ3n) is 2.52. The van der Waals surface area contributed by atoms with Gasteiger partial charge in [0.25, 0.3) is 0 Å². The molecule has 5 nitrogen and oxygen atoms in total. The van der Waals surface area contributed by atoms with Gasteiger partial charge in [-0.1, -0.05) is 0 Å². The molecule has 2 heterocycles. The van der Waals surface area contributed by atoms with Crippen molar-refractivity contribution in [3.05, 3.63) is 22.6 Å². The van der Waals surface area contributed by atoms with Gasteiger partial charge in [0.1, 0.15) is 6.04 Å². The van der Waals surface area contributed by atoms with E-state index in [1.54, 1.807) is 0 Å². The average molecular weight is 304 g/mol. The zero-order valence-electron chi connectivity index (χ0n) is 8.90. The molecule has 0 aliphatic carbocycles. The van der Waals surface area contributed by atoms with E-state index < -0.39 is 17.8 Å². The number of carbonyl (C=O) groups is 1. The van der Waals surface area contributed by atoms with Crippen molar-refractivity contribution < 1.29 is 13.9 Å². The fraction of sp³-hybridized carbons (Fsp3) is 0.400. The molecule has 1 unspecified atom stereocenters. The van der Waals surface area contributed by atoms with Gasteiger partial charge in [-0.15, -0.1) is 0 Å². The lowest BCUT2D eigenvalue weighted by Crippen LogP contribution is -2.53. The van der Waals surface area contributed by atoms with Gasteiger partial charge in [0.2, 0.25) is 5.91 Å². The lowest BCUT2D eigenvalue weighted by atomic mass is 10.2. The minimum atomic E-state index is -0.674. The number of rotatable bonds is 2. The molecular formula is C10H11BrFN3O2. The summed E-state index contributed by atoms with van der Waals surface area (Å²) in [5.74, 6) is -0.915. The highest BCUT2D eigenvalue weighted by atomic mass is 79.9. The molecule has 1 fully saturated rings. The van der Waals surface area contributed by atoms with Gasteiger partial charge in [0.05, 0.1) is 13.2 Å². The van der Waals surface area contributed by atoms with Crippen LogP contribution in [0.1, 0.15) is 0 Å².